The molecule has 0 unspecified atom stereocenters. The molecular formula is C19H26N4O2. The number of carbonyl (C=O) groups excluding carboxylic acids is 1. The summed E-state index contributed by atoms with van der Waals surface area (Å²) in [6.45, 7) is 9.03. The van der Waals surface area contributed by atoms with Crippen LogP contribution in [0, 0.1) is 5.92 Å². The van der Waals surface area contributed by atoms with E-state index in [1.165, 1.54) is 0 Å². The standard InChI is InChI=1S/C19H26N4O2/c1-13(2)9-11-20-19-21-12-10-17(23-19)18(24)22-15-5-7-16(8-6-15)25-14(3)4/h5-8,10,12-14H,9,11H2,1-4H3,(H,22,24)(H,20,21,23). The van der Waals surface area contributed by atoms with Gasteiger partial charge in [-0.3, -0.25) is 4.79 Å². The Morgan fingerprint density at radius 1 is 1.12 bits per heavy atom. The lowest BCUT2D eigenvalue weighted by molar-refractivity contribution is 0.102. The molecule has 2 aromatic rings. The molecule has 6 heteroatoms. The molecular weight excluding hydrogens is 316 g/mol. The zero-order valence-electron chi connectivity index (χ0n) is 15.2. The largest absolute Gasteiger partial charge is 0.491 e. The van der Waals surface area contributed by atoms with E-state index in [1.807, 2.05) is 26.0 Å². The Labute approximate surface area is 149 Å². The molecule has 1 heterocycles. The number of carbonyl (C=O) groups is 1. The van der Waals surface area contributed by atoms with E-state index < -0.39 is 0 Å². The van der Waals surface area contributed by atoms with Gasteiger partial charge in [0, 0.05) is 18.4 Å². The van der Waals surface area contributed by atoms with Gasteiger partial charge in [0.25, 0.3) is 5.91 Å². The molecule has 0 atom stereocenters. The van der Waals surface area contributed by atoms with Crippen LogP contribution in [0.25, 0.3) is 0 Å². The van der Waals surface area contributed by atoms with Gasteiger partial charge in [0.05, 0.1) is 6.10 Å². The number of nitrogens with zero attached hydrogens (tertiary/aromatic N) is 2. The number of anilines is 2. The van der Waals surface area contributed by atoms with Crippen molar-refractivity contribution < 1.29 is 9.53 Å². The molecule has 0 fully saturated rings. The Bertz CT molecular complexity index is 684. The molecule has 1 aromatic heterocycles. The zero-order valence-corrected chi connectivity index (χ0v) is 15.2. The van der Waals surface area contributed by atoms with E-state index in [4.69, 9.17) is 4.74 Å². The third kappa shape index (κ3) is 6.41. The fourth-order valence-corrected chi connectivity index (χ4v) is 2.13. The van der Waals surface area contributed by atoms with Crippen molar-refractivity contribution in [3.8, 4) is 5.75 Å². The molecule has 6 nitrogen and oxygen atoms in total. The quantitative estimate of drug-likeness (QED) is 0.759. The number of benzene rings is 1. The fourth-order valence-electron chi connectivity index (χ4n) is 2.13. The summed E-state index contributed by atoms with van der Waals surface area (Å²) in [6.07, 6.45) is 2.71. The molecule has 2 N–H and O–H groups in total. The fraction of sp³-hybridized carbons (Fsp3) is 0.421. The maximum Gasteiger partial charge on any atom is 0.274 e. The highest BCUT2D eigenvalue weighted by Crippen LogP contribution is 2.17. The van der Waals surface area contributed by atoms with E-state index in [0.717, 1.165) is 18.7 Å². The molecule has 1 amide bonds. The molecule has 0 aliphatic carbocycles. The predicted octanol–water partition coefficient (Wildman–Crippen LogP) is 3.97. The Balaban J connectivity index is 1.96. The molecule has 25 heavy (non-hydrogen) atoms. The SMILES string of the molecule is CC(C)CCNc1nccc(C(=O)Nc2ccc(OC(C)C)cc2)n1. The lowest BCUT2D eigenvalue weighted by Gasteiger charge is -2.11. The zero-order chi connectivity index (χ0) is 18.2. The highest BCUT2D eigenvalue weighted by atomic mass is 16.5. The minimum Gasteiger partial charge on any atom is -0.491 e. The topological polar surface area (TPSA) is 76.1 Å². The van der Waals surface area contributed by atoms with Crippen LogP contribution in [0.3, 0.4) is 0 Å². The van der Waals surface area contributed by atoms with Gasteiger partial charge in [0.15, 0.2) is 0 Å². The average Bonchev–Trinajstić information content (AvgIpc) is 2.56. The molecule has 0 aliphatic rings. The van der Waals surface area contributed by atoms with E-state index in [0.29, 0.717) is 23.2 Å². The summed E-state index contributed by atoms with van der Waals surface area (Å²) in [5, 5.41) is 5.97. The van der Waals surface area contributed by atoms with Crippen LogP contribution in [0.5, 0.6) is 5.75 Å². The van der Waals surface area contributed by atoms with Gasteiger partial charge in [-0.15, -0.1) is 0 Å². The summed E-state index contributed by atoms with van der Waals surface area (Å²) in [5.74, 6) is 1.56. The number of ether oxygens (including phenoxy) is 1. The van der Waals surface area contributed by atoms with Gasteiger partial charge in [-0.05, 0) is 56.5 Å². The number of hydrogen-bond donors (Lipinski definition) is 2. The number of aromatic nitrogens is 2. The van der Waals surface area contributed by atoms with Crippen molar-refractivity contribution in [2.75, 3.05) is 17.2 Å². The summed E-state index contributed by atoms with van der Waals surface area (Å²) in [5.41, 5.74) is 1.01. The average molecular weight is 342 g/mol. The molecule has 134 valence electrons. The maximum atomic E-state index is 12.4. The molecule has 0 bridgehead atoms. The van der Waals surface area contributed by atoms with Crippen LogP contribution in [0.2, 0.25) is 0 Å². The van der Waals surface area contributed by atoms with Crippen molar-refractivity contribution in [1.29, 1.82) is 0 Å². The van der Waals surface area contributed by atoms with E-state index in [9.17, 15) is 4.79 Å². The summed E-state index contributed by atoms with van der Waals surface area (Å²) < 4.78 is 5.59. The maximum absolute atomic E-state index is 12.4. The van der Waals surface area contributed by atoms with E-state index in [1.54, 1.807) is 24.4 Å². The number of hydrogen-bond acceptors (Lipinski definition) is 5. The first-order chi connectivity index (χ1) is 11.9. The van der Waals surface area contributed by atoms with Crippen molar-refractivity contribution >= 4 is 17.5 Å². The van der Waals surface area contributed by atoms with Crippen molar-refractivity contribution in [2.24, 2.45) is 5.92 Å². The second-order valence-electron chi connectivity index (χ2n) is 6.52. The highest BCUT2D eigenvalue weighted by Gasteiger charge is 2.09. The second-order valence-corrected chi connectivity index (χ2v) is 6.52. The van der Waals surface area contributed by atoms with E-state index in [2.05, 4.69) is 34.4 Å². The first kappa shape index (κ1) is 18.7. The Morgan fingerprint density at radius 2 is 1.84 bits per heavy atom. The number of rotatable bonds is 8. The highest BCUT2D eigenvalue weighted by molar-refractivity contribution is 6.02. The van der Waals surface area contributed by atoms with Crippen molar-refractivity contribution in [3.63, 3.8) is 0 Å². The normalized spacial score (nSPS) is 10.8. The van der Waals surface area contributed by atoms with Crippen LogP contribution in [-0.4, -0.2) is 28.5 Å². The first-order valence-corrected chi connectivity index (χ1v) is 8.59. The molecule has 2 rings (SSSR count). The smallest absolute Gasteiger partial charge is 0.274 e. The Morgan fingerprint density at radius 3 is 2.48 bits per heavy atom. The number of nitrogens with one attached hydrogen (secondary N) is 2. The molecule has 0 saturated carbocycles. The minimum atomic E-state index is -0.271. The summed E-state index contributed by atoms with van der Waals surface area (Å²) >= 11 is 0. The van der Waals surface area contributed by atoms with Crippen molar-refractivity contribution in [3.05, 3.63) is 42.2 Å². The Kier molecular flexibility index (Phi) is 6.74. The summed E-state index contributed by atoms with van der Waals surface area (Å²) in [4.78, 5) is 20.8. The van der Waals surface area contributed by atoms with Crippen LogP contribution < -0.4 is 15.4 Å². The van der Waals surface area contributed by atoms with Gasteiger partial charge >= 0.3 is 0 Å². The lowest BCUT2D eigenvalue weighted by atomic mass is 10.1. The van der Waals surface area contributed by atoms with Crippen LogP contribution in [0.4, 0.5) is 11.6 Å². The molecule has 0 spiro atoms. The summed E-state index contributed by atoms with van der Waals surface area (Å²) in [7, 11) is 0. The minimum absolute atomic E-state index is 0.114. The third-order valence-corrected chi connectivity index (χ3v) is 3.38. The number of amides is 1. The molecule has 0 saturated heterocycles. The Hall–Kier alpha value is -2.63. The molecule has 0 aliphatic heterocycles. The van der Waals surface area contributed by atoms with Crippen molar-refractivity contribution in [2.45, 2.75) is 40.2 Å². The van der Waals surface area contributed by atoms with E-state index in [-0.39, 0.29) is 12.0 Å². The van der Waals surface area contributed by atoms with Crippen molar-refractivity contribution in [1.82, 2.24) is 9.97 Å². The van der Waals surface area contributed by atoms with Gasteiger partial charge in [-0.2, -0.15) is 0 Å². The van der Waals surface area contributed by atoms with Crippen LogP contribution in [-0.2, 0) is 0 Å². The van der Waals surface area contributed by atoms with Gasteiger partial charge < -0.3 is 15.4 Å². The van der Waals surface area contributed by atoms with Gasteiger partial charge in [0.1, 0.15) is 11.4 Å². The monoisotopic (exact) mass is 342 g/mol. The lowest BCUT2D eigenvalue weighted by Crippen LogP contribution is -2.16. The second kappa shape index (κ2) is 9.01. The van der Waals surface area contributed by atoms with E-state index >= 15 is 0 Å². The predicted molar refractivity (Wildman–Crippen MR) is 100 cm³/mol. The third-order valence-electron chi connectivity index (χ3n) is 3.38. The summed E-state index contributed by atoms with van der Waals surface area (Å²) in [6, 6.07) is 8.86. The molecule has 1 aromatic carbocycles. The van der Waals surface area contributed by atoms with Gasteiger partial charge in [-0.25, -0.2) is 9.97 Å². The van der Waals surface area contributed by atoms with Gasteiger partial charge in [-0.1, -0.05) is 13.8 Å². The van der Waals surface area contributed by atoms with Crippen LogP contribution >= 0.6 is 0 Å². The first-order valence-electron chi connectivity index (χ1n) is 8.59. The molecule has 0 radical (unpaired) electrons. The van der Waals surface area contributed by atoms with Crippen LogP contribution in [0.15, 0.2) is 36.5 Å². The van der Waals surface area contributed by atoms with Crippen LogP contribution in [0.1, 0.15) is 44.6 Å². The van der Waals surface area contributed by atoms with Gasteiger partial charge in [0.2, 0.25) is 5.95 Å².